The molecule has 0 bridgehead atoms. The quantitative estimate of drug-likeness (QED) is 0.0337. The van der Waals surface area contributed by atoms with E-state index in [2.05, 4.69) is 112 Å². The Morgan fingerprint density at radius 3 is 0.324 bits per heavy atom. The Morgan fingerprint density at radius 1 is 0.216 bits per heavy atom. The largest absolute Gasteiger partial charge is 2.00 e. The van der Waals surface area contributed by atoms with Gasteiger partial charge in [-0.2, -0.15) is 0 Å². The molecule has 0 aliphatic heterocycles. The molecule has 0 heterocycles. The molecule has 0 fully saturated rings. The van der Waals surface area contributed by atoms with E-state index in [9.17, 15) is 0 Å². The Hall–Kier alpha value is 1.70. The van der Waals surface area contributed by atoms with Crippen LogP contribution in [0.25, 0.3) is 0 Å². The SMILES string of the molecule is CCCCN(CCCC)C(=S)[S-].CCCCN(CCCC)C(=S)[S-].CCCCN(CCCC)C(=S)[S-].CCCCN(CCCC)C(=S)[S-].CCCCN(CCCC)C(=S)[S-].CCCCN(CCCC)C(=S)[S-].[Mo].[S-2]. The van der Waals surface area contributed by atoms with Gasteiger partial charge in [0.25, 0.3) is 0 Å². The molecule has 0 aliphatic carbocycles. The van der Waals surface area contributed by atoms with Gasteiger partial charge in [0.1, 0.15) is 0 Å². The van der Waals surface area contributed by atoms with Gasteiger partial charge in [-0.05, 0) is 77.0 Å². The van der Waals surface area contributed by atoms with Gasteiger partial charge in [-0.15, -0.1) is 0 Å². The van der Waals surface area contributed by atoms with Crippen LogP contribution in [0.2, 0.25) is 0 Å². The van der Waals surface area contributed by atoms with E-state index in [1.165, 1.54) is 154 Å². The molecular weight excluding hydrogens is 1250 g/mol. The van der Waals surface area contributed by atoms with Crippen LogP contribution in [-0.4, -0.2) is 134 Å². The van der Waals surface area contributed by atoms with Crippen molar-refractivity contribution < 1.29 is 21.1 Å². The average molecular weight is 1350 g/mol. The summed E-state index contributed by atoms with van der Waals surface area (Å²) in [5.41, 5.74) is 0. The molecule has 0 rings (SSSR count). The normalized spacial score (nSPS) is 9.57. The van der Waals surface area contributed by atoms with E-state index in [1.54, 1.807) is 0 Å². The van der Waals surface area contributed by atoms with Crippen molar-refractivity contribution in [2.45, 2.75) is 237 Å². The van der Waals surface area contributed by atoms with Crippen LogP contribution in [0.5, 0.6) is 0 Å². The second-order valence-corrected chi connectivity index (χ2v) is 24.0. The molecule has 0 aliphatic rings. The Bertz CT molecular complexity index is 949. The number of nitrogens with zero attached hydrogens (tertiary/aromatic N) is 6. The molecule has 6 nitrogen and oxygen atoms in total. The summed E-state index contributed by atoms with van der Waals surface area (Å²) in [6.45, 7) is 38.7. The molecule has 0 aromatic heterocycles. The summed E-state index contributed by atoms with van der Waals surface area (Å²) in [5.74, 6) is 0. The summed E-state index contributed by atoms with van der Waals surface area (Å²) in [6, 6.07) is 0. The summed E-state index contributed by atoms with van der Waals surface area (Å²) in [6.07, 6.45) is 28.8. The van der Waals surface area contributed by atoms with Crippen molar-refractivity contribution in [3.8, 4) is 0 Å². The van der Waals surface area contributed by atoms with Gasteiger partial charge in [0.2, 0.25) is 0 Å². The van der Waals surface area contributed by atoms with Gasteiger partial charge in [-0.3, -0.25) is 0 Å². The third-order valence-electron chi connectivity index (χ3n) is 10.9. The van der Waals surface area contributed by atoms with Crippen molar-refractivity contribution in [1.29, 1.82) is 0 Å². The minimum atomic E-state index is 0. The van der Waals surface area contributed by atoms with E-state index in [0.29, 0.717) is 25.9 Å². The zero-order valence-electron chi connectivity index (χ0n) is 48.9. The van der Waals surface area contributed by atoms with Crippen molar-refractivity contribution in [1.82, 2.24) is 29.4 Å². The molecule has 0 atom stereocenters. The maximum atomic E-state index is 4.98. The molecule has 0 amide bonds. The smallest absolute Gasteiger partial charge is 0.0162 e. The maximum absolute atomic E-state index is 4.98. The first-order valence-electron chi connectivity index (χ1n) is 28.1. The van der Waals surface area contributed by atoms with E-state index in [-0.39, 0.29) is 34.6 Å². The van der Waals surface area contributed by atoms with Crippen LogP contribution in [0, 0.1) is 0 Å². The fourth-order valence-electron chi connectivity index (χ4n) is 5.95. The van der Waals surface area contributed by atoms with E-state index in [0.717, 1.165) is 78.5 Å². The van der Waals surface area contributed by atoms with Crippen LogP contribution in [0.1, 0.15) is 237 Å². The average Bonchev–Trinajstić information content (AvgIpc) is 3.34. The first kappa shape index (κ1) is 92.2. The van der Waals surface area contributed by atoms with E-state index >= 15 is 0 Å². The minimum absolute atomic E-state index is 0. The standard InChI is InChI=1S/6C9H19NS2.Mo.S/c6*1-3-5-7-10(9(11)12)8-6-4-2;;/h6*3-8H2,1-2H3,(H,11,12);;/q;;;;;;;-2/p-6. The fourth-order valence-corrected chi connectivity index (χ4v) is 8.14. The first-order valence-corrected chi connectivity index (χ1v) is 33.0. The number of unbranched alkanes of at least 4 members (excludes halogenated alkanes) is 12. The molecule has 0 saturated heterocycles. The molecule has 74 heavy (non-hydrogen) atoms. The van der Waals surface area contributed by atoms with E-state index in [4.69, 9.17) is 149 Å². The Kier molecular flexibility index (Phi) is 93.0. The predicted octanol–water partition coefficient (Wildman–Crippen LogP) is 16.3. The summed E-state index contributed by atoms with van der Waals surface area (Å²) >= 11 is 59.8. The van der Waals surface area contributed by atoms with Gasteiger partial charge in [0.15, 0.2) is 0 Å². The summed E-state index contributed by atoms with van der Waals surface area (Å²) in [4.78, 5) is 12.8. The second kappa shape index (κ2) is 74.7. The summed E-state index contributed by atoms with van der Waals surface area (Å²) in [5, 5.41) is 0. The molecule has 0 aromatic rings. The van der Waals surface area contributed by atoms with Gasteiger partial charge in [-0.1, -0.05) is 186 Å². The minimum Gasteiger partial charge on any atom is -2.00 e. The van der Waals surface area contributed by atoms with Gasteiger partial charge in [0, 0.05) is 99.6 Å². The van der Waals surface area contributed by atoms with Crippen molar-refractivity contribution in [3.05, 3.63) is 0 Å². The second-order valence-electron chi connectivity index (χ2n) is 17.8. The van der Waals surface area contributed by atoms with Gasteiger partial charge in [-0.25, -0.2) is 0 Å². The van der Waals surface area contributed by atoms with E-state index in [1.807, 2.05) is 0 Å². The molecule has 0 unspecified atom stereocenters. The zero-order chi connectivity index (χ0) is 56.4. The number of hydrogen-bond donors (Lipinski definition) is 0. The third-order valence-corrected chi connectivity index (χ3v) is 14.0. The van der Waals surface area contributed by atoms with Crippen LogP contribution in [-0.2, 0) is 110 Å². The Morgan fingerprint density at radius 2 is 0.284 bits per heavy atom. The van der Waals surface area contributed by atoms with Crippen molar-refractivity contribution in [3.63, 3.8) is 0 Å². The number of hydrogen-bond acceptors (Lipinski definition) is 12. The van der Waals surface area contributed by atoms with Crippen LogP contribution in [0.3, 0.4) is 0 Å². The fraction of sp³-hybridized carbons (Fsp3) is 0.889. The van der Waals surface area contributed by atoms with Crippen molar-refractivity contribution in [2.24, 2.45) is 0 Å². The van der Waals surface area contributed by atoms with Crippen LogP contribution in [0.4, 0.5) is 0 Å². The molecule has 20 heteroatoms. The first-order chi connectivity index (χ1) is 34.3. The topological polar surface area (TPSA) is 19.4 Å². The van der Waals surface area contributed by atoms with Crippen LogP contribution in [0.15, 0.2) is 0 Å². The summed E-state index contributed by atoms with van der Waals surface area (Å²) in [7, 11) is 0. The van der Waals surface area contributed by atoms with Crippen molar-refractivity contribution >= 4 is 188 Å². The summed E-state index contributed by atoms with van der Waals surface area (Å²) < 4.78 is 3.82. The van der Waals surface area contributed by atoms with Gasteiger partial charge in [0.05, 0.1) is 0 Å². The van der Waals surface area contributed by atoms with E-state index < -0.39 is 0 Å². The monoisotopic (exact) mass is 1350 g/mol. The van der Waals surface area contributed by atoms with Gasteiger partial charge >= 0.3 is 0 Å². The van der Waals surface area contributed by atoms with Crippen LogP contribution >= 0.6 is 73.3 Å². The third kappa shape index (κ3) is 71.7. The maximum Gasteiger partial charge on any atom is 0.0162 e. The zero-order valence-corrected chi connectivity index (χ0v) is 61.5. The van der Waals surface area contributed by atoms with Crippen molar-refractivity contribution in [2.75, 3.05) is 78.5 Å². The molecule has 0 radical (unpaired) electrons. The van der Waals surface area contributed by atoms with Crippen LogP contribution < -0.4 is 0 Å². The van der Waals surface area contributed by atoms with Gasteiger partial charge < -0.3 is 192 Å². The molecule has 0 saturated carbocycles. The molecular formula is C54H108MoN6S13-8. The predicted molar refractivity (Wildman–Crippen MR) is 375 cm³/mol. The number of thiocarbonyl (C=S) groups is 6. The number of rotatable bonds is 36. The Labute approximate surface area is 548 Å². The molecule has 0 N–H and O–H groups in total. The molecule has 0 aromatic carbocycles. The molecule has 0 spiro atoms. The Balaban J connectivity index is -0.000000117. The molecule has 446 valence electrons.